The number of benzene rings is 1. The van der Waals surface area contributed by atoms with E-state index in [0.29, 0.717) is 17.3 Å². The monoisotopic (exact) mass is 437 g/mol. The van der Waals surface area contributed by atoms with Gasteiger partial charge in [-0.15, -0.1) is 0 Å². The Labute approximate surface area is 170 Å². The summed E-state index contributed by atoms with van der Waals surface area (Å²) in [5.41, 5.74) is 0.294. The number of nitrogens with zero attached hydrogens (tertiary/aromatic N) is 2. The van der Waals surface area contributed by atoms with E-state index in [0.717, 1.165) is 49.8 Å². The van der Waals surface area contributed by atoms with Crippen molar-refractivity contribution in [2.24, 2.45) is 0 Å². The number of sulfonamides is 1. The molecule has 1 fully saturated rings. The second-order valence-corrected chi connectivity index (χ2v) is 9.11. The van der Waals surface area contributed by atoms with E-state index in [2.05, 4.69) is 10.2 Å². The standard InChI is InChI=1S/C17H25Cl2N3O4S/c1-13(17(23)20-6-3-7-21-8-10-26-11-9-21)22(27(2,24)25)14-4-5-15(18)16(19)12-14/h4-5,12-13H,3,6-11H2,1-2H3,(H,20,23). The van der Waals surface area contributed by atoms with Crippen molar-refractivity contribution in [1.29, 1.82) is 0 Å². The molecule has 1 atom stereocenters. The van der Waals surface area contributed by atoms with Gasteiger partial charge in [-0.05, 0) is 38.1 Å². The first-order valence-electron chi connectivity index (χ1n) is 8.72. The normalized spacial score (nSPS) is 16.7. The van der Waals surface area contributed by atoms with Crippen molar-refractivity contribution in [1.82, 2.24) is 10.2 Å². The third kappa shape index (κ3) is 6.50. The predicted molar refractivity (Wildman–Crippen MR) is 108 cm³/mol. The average molecular weight is 438 g/mol. The largest absolute Gasteiger partial charge is 0.379 e. The molecule has 0 radical (unpaired) electrons. The molecule has 1 N–H and O–H groups in total. The minimum Gasteiger partial charge on any atom is -0.379 e. The molecule has 27 heavy (non-hydrogen) atoms. The van der Waals surface area contributed by atoms with Crippen LogP contribution in [0.15, 0.2) is 18.2 Å². The second-order valence-electron chi connectivity index (χ2n) is 6.43. The molecule has 1 heterocycles. The number of morpholine rings is 1. The van der Waals surface area contributed by atoms with Crippen molar-refractivity contribution < 1.29 is 17.9 Å². The highest BCUT2D eigenvalue weighted by Gasteiger charge is 2.29. The summed E-state index contributed by atoms with van der Waals surface area (Å²) in [5.74, 6) is -0.367. The molecule has 152 valence electrons. The van der Waals surface area contributed by atoms with Crippen molar-refractivity contribution in [3.8, 4) is 0 Å². The van der Waals surface area contributed by atoms with Crippen LogP contribution in [0.1, 0.15) is 13.3 Å². The third-order valence-corrected chi connectivity index (χ3v) is 6.28. The molecule has 1 aliphatic heterocycles. The fourth-order valence-corrected chi connectivity index (χ4v) is 4.38. The van der Waals surface area contributed by atoms with Gasteiger partial charge in [-0.1, -0.05) is 23.2 Å². The quantitative estimate of drug-likeness (QED) is 0.628. The van der Waals surface area contributed by atoms with E-state index >= 15 is 0 Å². The molecule has 1 unspecified atom stereocenters. The Balaban J connectivity index is 1.96. The molecule has 0 bridgehead atoms. The Kier molecular flexibility index (Phi) is 8.18. The molecular weight excluding hydrogens is 413 g/mol. The summed E-state index contributed by atoms with van der Waals surface area (Å²) < 4.78 is 30.9. The lowest BCUT2D eigenvalue weighted by molar-refractivity contribution is -0.121. The van der Waals surface area contributed by atoms with Crippen LogP contribution >= 0.6 is 23.2 Å². The highest BCUT2D eigenvalue weighted by atomic mass is 35.5. The van der Waals surface area contributed by atoms with Crippen molar-refractivity contribution in [2.75, 3.05) is 50.0 Å². The van der Waals surface area contributed by atoms with Crippen molar-refractivity contribution in [3.63, 3.8) is 0 Å². The maximum Gasteiger partial charge on any atom is 0.243 e. The Morgan fingerprint density at radius 1 is 1.30 bits per heavy atom. The van der Waals surface area contributed by atoms with E-state index in [-0.39, 0.29) is 10.9 Å². The van der Waals surface area contributed by atoms with E-state index in [1.165, 1.54) is 18.2 Å². The molecule has 1 saturated heterocycles. The third-order valence-electron chi connectivity index (χ3n) is 4.30. The Morgan fingerprint density at radius 2 is 1.96 bits per heavy atom. The summed E-state index contributed by atoms with van der Waals surface area (Å²) in [6.45, 7) is 6.13. The van der Waals surface area contributed by atoms with Gasteiger partial charge in [0, 0.05) is 19.6 Å². The van der Waals surface area contributed by atoms with Crippen LogP contribution in [0.2, 0.25) is 10.0 Å². The fraction of sp³-hybridized carbons (Fsp3) is 0.588. The number of hydrogen-bond acceptors (Lipinski definition) is 5. The van der Waals surface area contributed by atoms with Crippen molar-refractivity contribution in [2.45, 2.75) is 19.4 Å². The predicted octanol–water partition coefficient (Wildman–Crippen LogP) is 1.99. The number of carbonyl (C=O) groups is 1. The zero-order valence-electron chi connectivity index (χ0n) is 15.5. The summed E-state index contributed by atoms with van der Waals surface area (Å²) in [6.07, 6.45) is 1.84. The smallest absolute Gasteiger partial charge is 0.243 e. The van der Waals surface area contributed by atoms with Crippen molar-refractivity contribution in [3.05, 3.63) is 28.2 Å². The highest BCUT2D eigenvalue weighted by Crippen LogP contribution is 2.29. The summed E-state index contributed by atoms with van der Waals surface area (Å²) >= 11 is 11.9. The van der Waals surface area contributed by atoms with Gasteiger partial charge in [-0.2, -0.15) is 0 Å². The van der Waals surface area contributed by atoms with Gasteiger partial charge in [0.15, 0.2) is 0 Å². The molecule has 0 aliphatic carbocycles. The topological polar surface area (TPSA) is 79.0 Å². The van der Waals surface area contributed by atoms with E-state index in [1.54, 1.807) is 6.92 Å². The van der Waals surface area contributed by atoms with Crippen LogP contribution in [-0.4, -0.2) is 70.9 Å². The van der Waals surface area contributed by atoms with Crippen LogP contribution in [0.3, 0.4) is 0 Å². The molecule has 2 rings (SSSR count). The molecule has 7 nitrogen and oxygen atoms in total. The van der Waals surface area contributed by atoms with Crippen molar-refractivity contribution >= 4 is 44.8 Å². The summed E-state index contributed by atoms with van der Waals surface area (Å²) in [4.78, 5) is 14.8. The first-order chi connectivity index (χ1) is 12.7. The van der Waals surface area contributed by atoms with Gasteiger partial charge >= 0.3 is 0 Å². The molecule has 1 aromatic rings. The lowest BCUT2D eigenvalue weighted by Crippen LogP contribution is -2.48. The van der Waals surface area contributed by atoms with Gasteiger partial charge in [-0.25, -0.2) is 8.42 Å². The van der Waals surface area contributed by atoms with E-state index in [4.69, 9.17) is 27.9 Å². The fourth-order valence-electron chi connectivity index (χ4n) is 2.92. The minimum absolute atomic E-state index is 0.223. The van der Waals surface area contributed by atoms with E-state index < -0.39 is 16.1 Å². The number of halogens is 2. The van der Waals surface area contributed by atoms with Crippen LogP contribution in [-0.2, 0) is 19.6 Å². The van der Waals surface area contributed by atoms with Crippen LogP contribution in [0.25, 0.3) is 0 Å². The molecule has 0 spiro atoms. The second kappa shape index (κ2) is 9.93. The number of carbonyl (C=O) groups excluding carboxylic acids is 1. The van der Waals surface area contributed by atoms with Gasteiger partial charge < -0.3 is 10.1 Å². The van der Waals surface area contributed by atoms with Gasteiger partial charge in [0.25, 0.3) is 0 Å². The van der Waals surface area contributed by atoms with Crippen LogP contribution in [0.5, 0.6) is 0 Å². The molecular formula is C17H25Cl2N3O4S. The van der Waals surface area contributed by atoms with E-state index in [1.807, 2.05) is 0 Å². The number of hydrogen-bond donors (Lipinski definition) is 1. The maximum absolute atomic E-state index is 12.5. The Morgan fingerprint density at radius 3 is 2.56 bits per heavy atom. The zero-order chi connectivity index (χ0) is 20.0. The molecule has 0 aromatic heterocycles. The zero-order valence-corrected chi connectivity index (χ0v) is 17.8. The summed E-state index contributed by atoms with van der Waals surface area (Å²) in [6, 6.07) is 3.55. The van der Waals surface area contributed by atoms with Gasteiger partial charge in [0.2, 0.25) is 15.9 Å². The Hall–Kier alpha value is -1.06. The highest BCUT2D eigenvalue weighted by molar-refractivity contribution is 7.92. The lowest BCUT2D eigenvalue weighted by Gasteiger charge is -2.29. The number of rotatable bonds is 8. The van der Waals surface area contributed by atoms with Crippen LogP contribution < -0.4 is 9.62 Å². The lowest BCUT2D eigenvalue weighted by atomic mass is 10.2. The molecule has 0 saturated carbocycles. The van der Waals surface area contributed by atoms with E-state index in [9.17, 15) is 13.2 Å². The maximum atomic E-state index is 12.5. The Bertz CT molecular complexity index is 755. The molecule has 1 aliphatic rings. The summed E-state index contributed by atoms with van der Waals surface area (Å²) in [7, 11) is -3.69. The average Bonchev–Trinajstić information content (AvgIpc) is 2.61. The SMILES string of the molecule is CC(C(=O)NCCCN1CCOCC1)N(c1ccc(Cl)c(Cl)c1)S(C)(=O)=O. The first kappa shape index (κ1) is 22.2. The van der Waals surface area contributed by atoms with Gasteiger partial charge in [-0.3, -0.25) is 14.0 Å². The summed E-state index contributed by atoms with van der Waals surface area (Å²) in [5, 5.41) is 3.35. The molecule has 1 amide bonds. The number of amides is 1. The number of nitrogens with one attached hydrogen (secondary N) is 1. The first-order valence-corrected chi connectivity index (χ1v) is 11.3. The van der Waals surface area contributed by atoms with Crippen LogP contribution in [0.4, 0.5) is 5.69 Å². The number of anilines is 1. The minimum atomic E-state index is -3.69. The van der Waals surface area contributed by atoms with Crippen LogP contribution in [0, 0.1) is 0 Å². The number of ether oxygens (including phenoxy) is 1. The van der Waals surface area contributed by atoms with Gasteiger partial charge in [0.05, 0.1) is 35.2 Å². The van der Waals surface area contributed by atoms with Gasteiger partial charge in [0.1, 0.15) is 6.04 Å². The molecule has 10 heteroatoms. The molecule has 1 aromatic carbocycles.